The van der Waals surface area contributed by atoms with Crippen molar-refractivity contribution in [2.75, 3.05) is 6.61 Å². The monoisotopic (exact) mass is 358 g/mol. The van der Waals surface area contributed by atoms with Crippen LogP contribution in [0.3, 0.4) is 0 Å². The molecule has 5 nitrogen and oxygen atoms in total. The molecule has 4 rings (SSSR count). The largest absolute Gasteiger partial charge is 0.504 e. The number of nitrogens with zero attached hydrogens (tertiary/aromatic N) is 1. The molecule has 1 aliphatic rings. The average Bonchev–Trinajstić information content (AvgIpc) is 2.68. The number of nitriles is 1. The lowest BCUT2D eigenvalue weighted by Crippen LogP contribution is -2.31. The van der Waals surface area contributed by atoms with Crippen LogP contribution in [0, 0.1) is 22.7 Å². The predicted molar refractivity (Wildman–Crippen MR) is 103 cm³/mol. The highest BCUT2D eigenvalue weighted by atomic mass is 16.5. The first-order valence-corrected chi connectivity index (χ1v) is 8.77. The van der Waals surface area contributed by atoms with E-state index in [2.05, 4.69) is 6.07 Å². The molecule has 1 aliphatic heterocycles. The maximum absolute atomic E-state index is 10.0. The lowest BCUT2D eigenvalue weighted by atomic mass is 9.77. The molecule has 3 aromatic rings. The van der Waals surface area contributed by atoms with Crippen LogP contribution in [0.25, 0.3) is 10.8 Å². The zero-order chi connectivity index (χ0) is 19.0. The maximum Gasteiger partial charge on any atom is 0.205 e. The highest BCUT2D eigenvalue weighted by molar-refractivity contribution is 5.94. The van der Waals surface area contributed by atoms with Crippen LogP contribution in [0.2, 0.25) is 0 Å². The Morgan fingerprint density at radius 2 is 2.00 bits per heavy atom. The second-order valence-corrected chi connectivity index (χ2v) is 6.41. The summed E-state index contributed by atoms with van der Waals surface area (Å²) in [5, 5.41) is 30.1. The number of rotatable bonds is 3. The van der Waals surface area contributed by atoms with Gasteiger partial charge in [0.2, 0.25) is 5.90 Å². The fraction of sp³-hybridized carbons (Fsp3) is 0.182. The van der Waals surface area contributed by atoms with E-state index in [-0.39, 0.29) is 11.6 Å². The van der Waals surface area contributed by atoms with Gasteiger partial charge < -0.3 is 14.6 Å². The van der Waals surface area contributed by atoms with Crippen LogP contribution in [0.15, 0.2) is 54.6 Å². The van der Waals surface area contributed by atoms with E-state index in [9.17, 15) is 10.4 Å². The number of aromatic hydroxyl groups is 1. The highest BCUT2D eigenvalue weighted by Gasteiger charge is 2.38. The van der Waals surface area contributed by atoms with E-state index in [1.165, 1.54) is 0 Å². The number of hydrogen-bond donors (Lipinski definition) is 2. The third kappa shape index (κ3) is 2.76. The smallest absolute Gasteiger partial charge is 0.205 e. The molecular weight excluding hydrogens is 340 g/mol. The van der Waals surface area contributed by atoms with Gasteiger partial charge in [-0.3, -0.25) is 5.41 Å². The number of ether oxygens (including phenoxy) is 2. The normalized spacial score (nSPS) is 18.4. The predicted octanol–water partition coefficient (Wildman–Crippen LogP) is 4.59. The molecule has 134 valence electrons. The van der Waals surface area contributed by atoms with Crippen LogP contribution >= 0.6 is 0 Å². The van der Waals surface area contributed by atoms with Gasteiger partial charge in [0.25, 0.3) is 0 Å². The molecule has 27 heavy (non-hydrogen) atoms. The molecule has 0 radical (unpaired) electrons. The fourth-order valence-corrected chi connectivity index (χ4v) is 3.67. The summed E-state index contributed by atoms with van der Waals surface area (Å²) in [6, 6.07) is 19.0. The minimum absolute atomic E-state index is 0.0504. The number of phenolic OH excluding ortho intramolecular Hbond substituents is 1. The molecule has 5 heteroatoms. The minimum atomic E-state index is -0.762. The molecule has 0 aromatic heterocycles. The summed E-state index contributed by atoms with van der Waals surface area (Å²) in [4.78, 5) is 0. The van der Waals surface area contributed by atoms with Crippen molar-refractivity contribution in [3.8, 4) is 23.3 Å². The number of fused-ring (bicyclic) bond motifs is 3. The summed E-state index contributed by atoms with van der Waals surface area (Å²) in [7, 11) is 0. The van der Waals surface area contributed by atoms with Crippen LogP contribution < -0.4 is 9.47 Å². The van der Waals surface area contributed by atoms with E-state index in [4.69, 9.17) is 14.9 Å². The van der Waals surface area contributed by atoms with Gasteiger partial charge in [0.1, 0.15) is 11.7 Å². The molecule has 0 fully saturated rings. The van der Waals surface area contributed by atoms with Gasteiger partial charge in [-0.2, -0.15) is 5.26 Å². The Labute approximate surface area is 156 Å². The summed E-state index contributed by atoms with van der Waals surface area (Å²) >= 11 is 0. The molecular formula is C22H18N2O3. The first kappa shape index (κ1) is 16.9. The Morgan fingerprint density at radius 3 is 2.78 bits per heavy atom. The van der Waals surface area contributed by atoms with Crippen molar-refractivity contribution in [3.05, 3.63) is 65.7 Å². The Kier molecular flexibility index (Phi) is 4.17. The molecule has 2 N–H and O–H groups in total. The molecule has 0 amide bonds. The average molecular weight is 358 g/mol. The Hall–Kier alpha value is -3.52. The van der Waals surface area contributed by atoms with Gasteiger partial charge in [-0.15, -0.1) is 0 Å². The Morgan fingerprint density at radius 1 is 1.19 bits per heavy atom. The molecule has 0 saturated heterocycles. The van der Waals surface area contributed by atoms with E-state index in [0.717, 1.165) is 21.9 Å². The zero-order valence-electron chi connectivity index (χ0n) is 14.8. The molecule has 0 aliphatic carbocycles. The second kappa shape index (κ2) is 6.65. The number of benzene rings is 3. The third-order valence-corrected chi connectivity index (χ3v) is 4.86. The summed E-state index contributed by atoms with van der Waals surface area (Å²) < 4.78 is 11.2. The van der Waals surface area contributed by atoms with Crippen molar-refractivity contribution in [2.24, 2.45) is 5.92 Å². The maximum atomic E-state index is 10.0. The van der Waals surface area contributed by atoms with Gasteiger partial charge >= 0.3 is 0 Å². The summed E-state index contributed by atoms with van der Waals surface area (Å²) in [5.74, 6) is -0.224. The standard InChI is InChI=1S/C22H18N2O3/c1-2-26-19-11-14(7-9-17(19)25)20-16(12-23)22(24)27-18-10-8-13-5-3-4-6-15(13)21(18)20/h3-11,16,20,24-25H,2H2,1H3. The molecule has 2 atom stereocenters. The fourth-order valence-electron chi connectivity index (χ4n) is 3.67. The van der Waals surface area contributed by atoms with Gasteiger partial charge in [-0.25, -0.2) is 0 Å². The van der Waals surface area contributed by atoms with Gasteiger partial charge in [-0.05, 0) is 41.5 Å². The molecule has 3 aromatic carbocycles. The molecule has 0 bridgehead atoms. The molecule has 0 saturated carbocycles. The van der Waals surface area contributed by atoms with Crippen LogP contribution in [0.5, 0.6) is 17.2 Å². The number of nitrogens with one attached hydrogen (secondary N) is 1. The van der Waals surface area contributed by atoms with Gasteiger partial charge in [0, 0.05) is 11.5 Å². The van der Waals surface area contributed by atoms with Crippen LogP contribution in [0.4, 0.5) is 0 Å². The van der Waals surface area contributed by atoms with Crippen molar-refractivity contribution in [3.63, 3.8) is 0 Å². The lowest BCUT2D eigenvalue weighted by molar-refractivity contribution is 0.317. The van der Waals surface area contributed by atoms with Crippen molar-refractivity contribution < 1.29 is 14.6 Å². The molecule has 2 unspecified atom stereocenters. The van der Waals surface area contributed by atoms with E-state index in [0.29, 0.717) is 18.1 Å². The minimum Gasteiger partial charge on any atom is -0.504 e. The van der Waals surface area contributed by atoms with E-state index < -0.39 is 11.8 Å². The Balaban J connectivity index is 1.99. The number of phenols is 1. The van der Waals surface area contributed by atoms with Gasteiger partial charge in [0.05, 0.1) is 12.7 Å². The third-order valence-electron chi connectivity index (χ3n) is 4.86. The lowest BCUT2D eigenvalue weighted by Gasteiger charge is -2.31. The van der Waals surface area contributed by atoms with E-state index in [1.807, 2.05) is 43.3 Å². The second-order valence-electron chi connectivity index (χ2n) is 6.41. The van der Waals surface area contributed by atoms with Crippen LogP contribution in [-0.2, 0) is 0 Å². The van der Waals surface area contributed by atoms with Gasteiger partial charge in [-0.1, -0.05) is 36.4 Å². The first-order valence-electron chi connectivity index (χ1n) is 8.77. The first-order chi connectivity index (χ1) is 13.1. The van der Waals surface area contributed by atoms with Crippen molar-refractivity contribution >= 4 is 16.7 Å². The summed E-state index contributed by atoms with van der Waals surface area (Å²) in [6.07, 6.45) is 0. The van der Waals surface area contributed by atoms with Crippen molar-refractivity contribution in [2.45, 2.75) is 12.8 Å². The Bertz CT molecular complexity index is 1080. The van der Waals surface area contributed by atoms with Crippen LogP contribution in [-0.4, -0.2) is 17.6 Å². The zero-order valence-corrected chi connectivity index (χ0v) is 14.8. The van der Waals surface area contributed by atoms with E-state index in [1.54, 1.807) is 18.2 Å². The topological polar surface area (TPSA) is 86.3 Å². The van der Waals surface area contributed by atoms with Crippen molar-refractivity contribution in [1.29, 1.82) is 10.7 Å². The SMILES string of the molecule is CCOc1cc(C2c3c(ccc4ccccc34)OC(=N)C2C#N)ccc1O. The quantitative estimate of drug-likeness (QED) is 0.717. The van der Waals surface area contributed by atoms with Gasteiger partial charge in [0.15, 0.2) is 11.5 Å². The molecule has 0 spiro atoms. The molecule has 1 heterocycles. The number of hydrogen-bond acceptors (Lipinski definition) is 5. The van der Waals surface area contributed by atoms with Crippen molar-refractivity contribution in [1.82, 2.24) is 0 Å². The van der Waals surface area contributed by atoms with E-state index >= 15 is 0 Å². The highest BCUT2D eigenvalue weighted by Crippen LogP contribution is 2.46. The summed E-state index contributed by atoms with van der Waals surface area (Å²) in [6.45, 7) is 2.26. The van der Waals surface area contributed by atoms with Crippen LogP contribution in [0.1, 0.15) is 24.0 Å². The summed E-state index contributed by atoms with van der Waals surface area (Å²) in [5.41, 5.74) is 1.68.